The number of hydrogen-bond acceptors (Lipinski definition) is 4. The molecule has 1 aromatic carbocycles. The maximum Gasteiger partial charge on any atom is 0.134 e. The highest BCUT2D eigenvalue weighted by atomic mass is 32.1. The topological polar surface area (TPSA) is 42.4 Å². The standard InChI is InChI=1S/C17H20N2OS/c1-12(17-8-5-9-21-17)19(2)14(11-18)16-10-13-6-3-4-7-15(13)20-16/h3-10,12,14H,11,18H2,1-2H3. The highest BCUT2D eigenvalue weighted by molar-refractivity contribution is 7.10. The maximum atomic E-state index is 6.02. The molecule has 0 aliphatic heterocycles. The smallest absolute Gasteiger partial charge is 0.134 e. The van der Waals surface area contributed by atoms with Crippen molar-refractivity contribution in [2.45, 2.75) is 19.0 Å². The first-order valence-electron chi connectivity index (χ1n) is 7.14. The van der Waals surface area contributed by atoms with Crippen LogP contribution in [0.15, 0.2) is 52.3 Å². The van der Waals surface area contributed by atoms with Crippen LogP contribution in [-0.4, -0.2) is 18.5 Å². The van der Waals surface area contributed by atoms with Crippen molar-refractivity contribution < 1.29 is 4.42 Å². The summed E-state index contributed by atoms with van der Waals surface area (Å²) in [5.41, 5.74) is 6.94. The molecular weight excluding hydrogens is 280 g/mol. The van der Waals surface area contributed by atoms with Crippen LogP contribution in [0.25, 0.3) is 11.0 Å². The molecule has 0 saturated carbocycles. The number of para-hydroxylation sites is 1. The van der Waals surface area contributed by atoms with Crippen LogP contribution in [0.1, 0.15) is 29.6 Å². The largest absolute Gasteiger partial charge is 0.459 e. The van der Waals surface area contributed by atoms with Gasteiger partial charge in [-0.25, -0.2) is 0 Å². The van der Waals surface area contributed by atoms with Crippen LogP contribution in [0.4, 0.5) is 0 Å². The number of likely N-dealkylation sites (N-methyl/N-ethyl adjacent to an activating group) is 1. The molecule has 3 nitrogen and oxygen atoms in total. The molecule has 2 N–H and O–H groups in total. The first-order valence-corrected chi connectivity index (χ1v) is 8.02. The van der Waals surface area contributed by atoms with E-state index in [-0.39, 0.29) is 6.04 Å². The van der Waals surface area contributed by atoms with Gasteiger partial charge >= 0.3 is 0 Å². The lowest BCUT2D eigenvalue weighted by Crippen LogP contribution is -2.32. The van der Waals surface area contributed by atoms with E-state index in [9.17, 15) is 0 Å². The molecule has 0 spiro atoms. The van der Waals surface area contributed by atoms with E-state index in [1.165, 1.54) is 4.88 Å². The summed E-state index contributed by atoms with van der Waals surface area (Å²) < 4.78 is 5.99. The fourth-order valence-corrected chi connectivity index (χ4v) is 3.48. The number of furan rings is 1. The lowest BCUT2D eigenvalue weighted by Gasteiger charge is -2.30. The van der Waals surface area contributed by atoms with E-state index in [0.29, 0.717) is 12.6 Å². The van der Waals surface area contributed by atoms with Gasteiger partial charge in [-0.05, 0) is 37.6 Å². The molecule has 0 aliphatic rings. The monoisotopic (exact) mass is 300 g/mol. The summed E-state index contributed by atoms with van der Waals surface area (Å²) in [5.74, 6) is 0.935. The van der Waals surface area contributed by atoms with Crippen LogP contribution in [0.3, 0.4) is 0 Å². The van der Waals surface area contributed by atoms with Crippen molar-refractivity contribution in [2.75, 3.05) is 13.6 Å². The summed E-state index contributed by atoms with van der Waals surface area (Å²) >= 11 is 1.77. The first-order chi connectivity index (χ1) is 10.2. The number of nitrogens with zero attached hydrogens (tertiary/aromatic N) is 1. The van der Waals surface area contributed by atoms with Crippen LogP contribution >= 0.6 is 11.3 Å². The van der Waals surface area contributed by atoms with Crippen molar-refractivity contribution in [1.82, 2.24) is 4.90 Å². The fourth-order valence-electron chi connectivity index (χ4n) is 2.65. The molecule has 2 aromatic heterocycles. The number of fused-ring (bicyclic) bond motifs is 1. The number of benzene rings is 1. The Morgan fingerprint density at radius 2 is 2.05 bits per heavy atom. The van der Waals surface area contributed by atoms with E-state index in [0.717, 1.165) is 16.7 Å². The molecule has 0 fully saturated rings. The minimum Gasteiger partial charge on any atom is -0.459 e. The second-order valence-corrected chi connectivity index (χ2v) is 6.27. The fraction of sp³-hybridized carbons (Fsp3) is 0.294. The Labute approximate surface area is 129 Å². The molecule has 0 radical (unpaired) electrons. The predicted octanol–water partition coefficient (Wildman–Crippen LogP) is 4.19. The minimum absolute atomic E-state index is 0.0782. The van der Waals surface area contributed by atoms with Crippen LogP contribution in [0.5, 0.6) is 0 Å². The molecule has 0 aliphatic carbocycles. The Balaban J connectivity index is 1.90. The van der Waals surface area contributed by atoms with Crippen LogP contribution < -0.4 is 5.73 Å². The van der Waals surface area contributed by atoms with Gasteiger partial charge < -0.3 is 10.2 Å². The van der Waals surface area contributed by atoms with E-state index >= 15 is 0 Å². The molecule has 3 aromatic rings. The molecular formula is C17H20N2OS. The van der Waals surface area contributed by atoms with Crippen molar-refractivity contribution in [3.05, 3.63) is 58.5 Å². The van der Waals surface area contributed by atoms with E-state index < -0.39 is 0 Å². The van der Waals surface area contributed by atoms with Crippen molar-refractivity contribution in [2.24, 2.45) is 5.73 Å². The zero-order valence-electron chi connectivity index (χ0n) is 12.3. The average molecular weight is 300 g/mol. The average Bonchev–Trinajstić information content (AvgIpc) is 3.16. The third-order valence-corrected chi connectivity index (χ3v) is 5.10. The summed E-state index contributed by atoms with van der Waals surface area (Å²) in [4.78, 5) is 3.62. The molecule has 21 heavy (non-hydrogen) atoms. The maximum absolute atomic E-state index is 6.02. The normalized spacial score (nSPS) is 14.7. The molecule has 0 bridgehead atoms. The van der Waals surface area contributed by atoms with E-state index in [4.69, 9.17) is 10.2 Å². The van der Waals surface area contributed by atoms with Crippen molar-refractivity contribution >= 4 is 22.3 Å². The Morgan fingerprint density at radius 1 is 1.24 bits per heavy atom. The van der Waals surface area contributed by atoms with Gasteiger partial charge in [0.25, 0.3) is 0 Å². The second kappa shape index (κ2) is 6.02. The summed E-state index contributed by atoms with van der Waals surface area (Å²) in [6.07, 6.45) is 0. The van der Waals surface area contributed by atoms with Crippen molar-refractivity contribution in [1.29, 1.82) is 0 Å². The third-order valence-electron chi connectivity index (χ3n) is 4.05. The quantitative estimate of drug-likeness (QED) is 0.768. The van der Waals surface area contributed by atoms with Crippen LogP contribution in [0.2, 0.25) is 0 Å². The van der Waals surface area contributed by atoms with Gasteiger partial charge in [-0.1, -0.05) is 24.3 Å². The van der Waals surface area contributed by atoms with Crippen LogP contribution in [0, 0.1) is 0 Å². The van der Waals surface area contributed by atoms with Crippen molar-refractivity contribution in [3.8, 4) is 0 Å². The Bertz CT molecular complexity index is 671. The molecule has 2 unspecified atom stereocenters. The molecule has 4 heteroatoms. The first kappa shape index (κ1) is 14.3. The number of rotatable bonds is 5. The van der Waals surface area contributed by atoms with Gasteiger partial charge in [0, 0.05) is 22.8 Å². The molecule has 0 amide bonds. The van der Waals surface area contributed by atoms with Gasteiger partial charge in [0.05, 0.1) is 6.04 Å². The Kier molecular flexibility index (Phi) is 4.10. The highest BCUT2D eigenvalue weighted by Crippen LogP contribution is 2.32. The summed E-state index contributed by atoms with van der Waals surface area (Å²) in [6.45, 7) is 2.74. The molecule has 2 atom stereocenters. The number of nitrogens with two attached hydrogens (primary N) is 1. The van der Waals surface area contributed by atoms with Gasteiger partial charge in [0.1, 0.15) is 11.3 Å². The number of hydrogen-bond donors (Lipinski definition) is 1. The van der Waals surface area contributed by atoms with Gasteiger partial charge in [-0.3, -0.25) is 4.90 Å². The van der Waals surface area contributed by atoms with Gasteiger partial charge in [0.2, 0.25) is 0 Å². The lowest BCUT2D eigenvalue weighted by molar-refractivity contribution is 0.173. The highest BCUT2D eigenvalue weighted by Gasteiger charge is 2.24. The van der Waals surface area contributed by atoms with E-state index in [1.54, 1.807) is 11.3 Å². The van der Waals surface area contributed by atoms with Crippen molar-refractivity contribution in [3.63, 3.8) is 0 Å². The Hall–Kier alpha value is -1.62. The third kappa shape index (κ3) is 2.75. The molecule has 110 valence electrons. The SMILES string of the molecule is CC(c1cccs1)N(C)C(CN)c1cc2ccccc2o1. The minimum atomic E-state index is 0.0782. The predicted molar refractivity (Wildman–Crippen MR) is 88.5 cm³/mol. The van der Waals surface area contributed by atoms with Gasteiger partial charge in [-0.15, -0.1) is 11.3 Å². The molecule has 0 saturated heterocycles. The summed E-state index contributed by atoms with van der Waals surface area (Å²) in [7, 11) is 2.11. The molecule has 3 rings (SSSR count). The summed E-state index contributed by atoms with van der Waals surface area (Å²) in [6, 6.07) is 14.8. The zero-order valence-corrected chi connectivity index (χ0v) is 13.1. The second-order valence-electron chi connectivity index (χ2n) is 5.29. The summed E-state index contributed by atoms with van der Waals surface area (Å²) in [5, 5.41) is 3.24. The van der Waals surface area contributed by atoms with Crippen LogP contribution in [-0.2, 0) is 0 Å². The zero-order chi connectivity index (χ0) is 14.8. The molecule has 2 heterocycles. The lowest BCUT2D eigenvalue weighted by atomic mass is 10.1. The van der Waals surface area contributed by atoms with E-state index in [2.05, 4.69) is 48.5 Å². The number of thiophene rings is 1. The van der Waals surface area contributed by atoms with Gasteiger partial charge in [0.15, 0.2) is 0 Å². The van der Waals surface area contributed by atoms with E-state index in [1.807, 2.05) is 18.2 Å². The van der Waals surface area contributed by atoms with Gasteiger partial charge in [-0.2, -0.15) is 0 Å². The Morgan fingerprint density at radius 3 is 2.71 bits per heavy atom.